The second-order valence-corrected chi connectivity index (χ2v) is 2.68. The number of carbonyl (C=O) groups is 1. The maximum absolute atomic E-state index is 10.9. The molecule has 1 saturated heterocycles. The Balaban J connectivity index is 2.33. The zero-order valence-corrected chi connectivity index (χ0v) is 6.58. The van der Waals surface area contributed by atoms with E-state index in [1.54, 1.807) is 0 Å². The molecule has 0 unspecified atom stereocenters. The summed E-state index contributed by atoms with van der Waals surface area (Å²) in [5.41, 5.74) is 5.56. The van der Waals surface area contributed by atoms with Gasteiger partial charge < -0.3 is 15.2 Å². The van der Waals surface area contributed by atoms with Gasteiger partial charge in [-0.25, -0.2) is 4.79 Å². The molecule has 1 rings (SSSR count). The minimum absolute atomic E-state index is 0.0795. The molecule has 0 radical (unpaired) electrons. The van der Waals surface area contributed by atoms with Crippen LogP contribution in [0.3, 0.4) is 0 Å². The highest BCUT2D eigenvalue weighted by Gasteiger charge is 2.25. The Hall–Kier alpha value is -0.610. The lowest BCUT2D eigenvalue weighted by atomic mass is 10.1. The van der Waals surface area contributed by atoms with Crippen molar-refractivity contribution < 1.29 is 14.3 Å². The van der Waals surface area contributed by atoms with Crippen molar-refractivity contribution in [3.05, 3.63) is 0 Å². The van der Waals surface area contributed by atoms with Crippen LogP contribution in [0.15, 0.2) is 0 Å². The Labute approximate surface area is 65.7 Å². The minimum Gasteiger partial charge on any atom is -0.467 e. The molecule has 2 N–H and O–H groups in total. The Kier molecular flexibility index (Phi) is 2.84. The van der Waals surface area contributed by atoms with Gasteiger partial charge in [0.15, 0.2) is 6.10 Å². The van der Waals surface area contributed by atoms with Gasteiger partial charge in [0, 0.05) is 6.04 Å². The third kappa shape index (κ3) is 2.17. The van der Waals surface area contributed by atoms with E-state index in [2.05, 4.69) is 4.74 Å². The number of esters is 1. The predicted octanol–water partition coefficient (Wildman–Crippen LogP) is -0.334. The number of nitrogens with two attached hydrogens (primary N) is 1. The van der Waals surface area contributed by atoms with Gasteiger partial charge in [0.2, 0.25) is 0 Å². The van der Waals surface area contributed by atoms with Gasteiger partial charge in [-0.2, -0.15) is 0 Å². The summed E-state index contributed by atoms with van der Waals surface area (Å²) < 4.78 is 9.66. The Morgan fingerprint density at radius 1 is 1.64 bits per heavy atom. The van der Waals surface area contributed by atoms with Gasteiger partial charge in [-0.05, 0) is 12.8 Å². The van der Waals surface area contributed by atoms with E-state index in [9.17, 15) is 4.79 Å². The molecule has 0 aromatic heterocycles. The summed E-state index contributed by atoms with van der Waals surface area (Å²) in [7, 11) is 1.36. The zero-order valence-electron chi connectivity index (χ0n) is 6.58. The molecule has 11 heavy (non-hydrogen) atoms. The summed E-state index contributed by atoms with van der Waals surface area (Å²) in [5, 5.41) is 0. The zero-order chi connectivity index (χ0) is 8.27. The molecule has 0 aromatic rings. The first-order valence-electron chi connectivity index (χ1n) is 3.69. The van der Waals surface area contributed by atoms with Crippen molar-refractivity contribution in [2.45, 2.75) is 25.0 Å². The molecule has 1 aliphatic heterocycles. The van der Waals surface area contributed by atoms with Crippen molar-refractivity contribution in [3.63, 3.8) is 0 Å². The van der Waals surface area contributed by atoms with Crippen LogP contribution in [0.25, 0.3) is 0 Å². The molecular formula is C7H13NO3. The van der Waals surface area contributed by atoms with Gasteiger partial charge in [0.05, 0.1) is 13.7 Å². The SMILES string of the molecule is COC(=O)[C@H]1CC[C@H](N)CO1. The summed E-state index contributed by atoms with van der Waals surface area (Å²) in [6.07, 6.45) is 1.12. The van der Waals surface area contributed by atoms with E-state index in [1.165, 1.54) is 7.11 Å². The highest BCUT2D eigenvalue weighted by molar-refractivity contribution is 5.74. The predicted molar refractivity (Wildman–Crippen MR) is 39.0 cm³/mol. The second-order valence-electron chi connectivity index (χ2n) is 2.68. The van der Waals surface area contributed by atoms with E-state index in [0.717, 1.165) is 6.42 Å². The van der Waals surface area contributed by atoms with Crippen LogP contribution >= 0.6 is 0 Å². The number of hydrogen-bond acceptors (Lipinski definition) is 4. The number of methoxy groups -OCH3 is 1. The molecular weight excluding hydrogens is 146 g/mol. The number of rotatable bonds is 1. The lowest BCUT2D eigenvalue weighted by Gasteiger charge is -2.24. The van der Waals surface area contributed by atoms with E-state index < -0.39 is 0 Å². The fraction of sp³-hybridized carbons (Fsp3) is 0.857. The van der Waals surface area contributed by atoms with E-state index in [1.807, 2.05) is 0 Å². The van der Waals surface area contributed by atoms with Crippen molar-refractivity contribution in [1.82, 2.24) is 0 Å². The van der Waals surface area contributed by atoms with Crippen molar-refractivity contribution in [2.24, 2.45) is 5.73 Å². The Morgan fingerprint density at radius 2 is 2.36 bits per heavy atom. The van der Waals surface area contributed by atoms with Gasteiger partial charge in [-0.1, -0.05) is 0 Å². The van der Waals surface area contributed by atoms with Gasteiger partial charge in [-0.3, -0.25) is 0 Å². The molecule has 1 aliphatic rings. The standard InChI is InChI=1S/C7H13NO3/c1-10-7(9)6-3-2-5(8)4-11-6/h5-6H,2-4,8H2,1H3/t5-,6+/m0/s1. The first-order chi connectivity index (χ1) is 5.24. The minimum atomic E-state index is -0.389. The molecule has 4 nitrogen and oxygen atoms in total. The fourth-order valence-electron chi connectivity index (χ4n) is 1.09. The van der Waals surface area contributed by atoms with Crippen LogP contribution in [0.1, 0.15) is 12.8 Å². The average molecular weight is 159 g/mol. The molecule has 0 bridgehead atoms. The van der Waals surface area contributed by atoms with E-state index in [-0.39, 0.29) is 18.1 Å². The third-order valence-corrected chi connectivity index (χ3v) is 1.78. The van der Waals surface area contributed by atoms with Crippen LogP contribution in [0, 0.1) is 0 Å². The van der Waals surface area contributed by atoms with E-state index >= 15 is 0 Å². The molecule has 1 heterocycles. The summed E-state index contributed by atoms with van der Waals surface area (Å²) in [4.78, 5) is 10.9. The van der Waals surface area contributed by atoms with E-state index in [4.69, 9.17) is 10.5 Å². The van der Waals surface area contributed by atoms with Crippen LogP contribution in [0.5, 0.6) is 0 Å². The van der Waals surface area contributed by atoms with Crippen LogP contribution in [0.4, 0.5) is 0 Å². The topological polar surface area (TPSA) is 61.5 Å². The molecule has 1 fully saturated rings. The lowest BCUT2D eigenvalue weighted by molar-refractivity contribution is -0.157. The van der Waals surface area contributed by atoms with Crippen molar-refractivity contribution in [3.8, 4) is 0 Å². The van der Waals surface area contributed by atoms with Gasteiger partial charge in [0.1, 0.15) is 0 Å². The summed E-state index contributed by atoms with van der Waals surface area (Å²) in [6.45, 7) is 0.458. The largest absolute Gasteiger partial charge is 0.467 e. The molecule has 0 saturated carbocycles. The first kappa shape index (κ1) is 8.49. The molecule has 2 atom stereocenters. The van der Waals surface area contributed by atoms with Crippen molar-refractivity contribution in [2.75, 3.05) is 13.7 Å². The maximum Gasteiger partial charge on any atom is 0.334 e. The van der Waals surface area contributed by atoms with Crippen LogP contribution in [-0.2, 0) is 14.3 Å². The summed E-state index contributed by atoms with van der Waals surface area (Å²) in [5.74, 6) is -0.295. The highest BCUT2D eigenvalue weighted by Crippen LogP contribution is 2.12. The van der Waals surface area contributed by atoms with Crippen LogP contribution in [-0.4, -0.2) is 31.8 Å². The summed E-state index contributed by atoms with van der Waals surface area (Å²) in [6, 6.07) is 0.0795. The van der Waals surface area contributed by atoms with Gasteiger partial charge in [0.25, 0.3) is 0 Å². The normalized spacial score (nSPS) is 31.5. The van der Waals surface area contributed by atoms with Gasteiger partial charge in [-0.15, -0.1) is 0 Å². The van der Waals surface area contributed by atoms with Crippen LogP contribution in [0.2, 0.25) is 0 Å². The number of carbonyl (C=O) groups excluding carboxylic acids is 1. The molecule has 0 amide bonds. The second kappa shape index (κ2) is 3.69. The molecule has 0 spiro atoms. The van der Waals surface area contributed by atoms with Crippen molar-refractivity contribution >= 4 is 5.97 Å². The molecule has 4 heteroatoms. The average Bonchev–Trinajstić information content (AvgIpc) is 2.05. The fourth-order valence-corrected chi connectivity index (χ4v) is 1.09. The quantitative estimate of drug-likeness (QED) is 0.532. The Bertz CT molecular complexity index is 141. The highest BCUT2D eigenvalue weighted by atomic mass is 16.6. The van der Waals surface area contributed by atoms with E-state index in [0.29, 0.717) is 13.0 Å². The van der Waals surface area contributed by atoms with Gasteiger partial charge >= 0.3 is 5.97 Å². The molecule has 0 aromatic carbocycles. The Morgan fingerprint density at radius 3 is 2.82 bits per heavy atom. The number of hydrogen-bond donors (Lipinski definition) is 1. The van der Waals surface area contributed by atoms with Crippen LogP contribution < -0.4 is 5.73 Å². The van der Waals surface area contributed by atoms with Crippen molar-refractivity contribution in [1.29, 1.82) is 0 Å². The maximum atomic E-state index is 10.9. The summed E-state index contributed by atoms with van der Waals surface area (Å²) >= 11 is 0. The smallest absolute Gasteiger partial charge is 0.334 e. The number of ether oxygens (including phenoxy) is 2. The molecule has 64 valence electrons. The third-order valence-electron chi connectivity index (χ3n) is 1.78. The first-order valence-corrected chi connectivity index (χ1v) is 3.69. The monoisotopic (exact) mass is 159 g/mol. The molecule has 0 aliphatic carbocycles. The lowest BCUT2D eigenvalue weighted by Crippen LogP contribution is -2.39.